The molecular weight excluding hydrogens is 392 g/mol. The van der Waals surface area contributed by atoms with Gasteiger partial charge in [-0.3, -0.25) is 19.3 Å². The lowest BCUT2D eigenvalue weighted by Crippen LogP contribution is -2.37. The highest BCUT2D eigenvalue weighted by Gasteiger charge is 2.34. The Morgan fingerprint density at radius 1 is 1.21 bits per heavy atom. The summed E-state index contributed by atoms with van der Waals surface area (Å²) in [7, 11) is 0. The normalized spacial score (nSPS) is 20.1. The number of hydrogen-bond acceptors (Lipinski definition) is 6. The average Bonchev–Trinajstić information content (AvgIpc) is 3.44. The topological polar surface area (TPSA) is 84.9 Å². The first-order valence-corrected chi connectivity index (χ1v) is 10.8. The van der Waals surface area contributed by atoms with Gasteiger partial charge in [0.25, 0.3) is 11.1 Å². The molecule has 0 spiro atoms. The summed E-state index contributed by atoms with van der Waals surface area (Å²) in [5.41, 5.74) is 0.764. The van der Waals surface area contributed by atoms with Crippen molar-refractivity contribution in [3.8, 4) is 11.5 Å². The van der Waals surface area contributed by atoms with Crippen molar-refractivity contribution in [2.45, 2.75) is 38.5 Å². The average molecular weight is 416 g/mol. The fourth-order valence-electron chi connectivity index (χ4n) is 3.88. The predicted octanol–water partition coefficient (Wildman–Crippen LogP) is 3.54. The minimum absolute atomic E-state index is 0.0141. The van der Waals surface area contributed by atoms with Crippen molar-refractivity contribution in [2.75, 3.05) is 19.9 Å². The lowest BCUT2D eigenvalue weighted by Gasteiger charge is -2.13. The molecule has 3 amide bonds. The molecule has 3 aliphatic rings. The van der Waals surface area contributed by atoms with Crippen molar-refractivity contribution >= 4 is 34.9 Å². The van der Waals surface area contributed by atoms with E-state index in [1.54, 1.807) is 18.2 Å². The molecule has 0 radical (unpaired) electrons. The zero-order chi connectivity index (χ0) is 20.2. The SMILES string of the molecule is O=C(CCC1CCCC1)NCCN1C(=O)S/C(=C\c2ccc3c(c2)OCO3)C1=O. The van der Waals surface area contributed by atoms with E-state index in [1.807, 2.05) is 6.07 Å². The van der Waals surface area contributed by atoms with E-state index >= 15 is 0 Å². The zero-order valence-electron chi connectivity index (χ0n) is 16.1. The third-order valence-corrected chi connectivity index (χ3v) is 6.39. The van der Waals surface area contributed by atoms with Crippen molar-refractivity contribution in [3.63, 3.8) is 0 Å². The van der Waals surface area contributed by atoms with Gasteiger partial charge >= 0.3 is 0 Å². The second-order valence-corrected chi connectivity index (χ2v) is 8.48. The Labute approximate surface area is 173 Å². The molecule has 8 heteroatoms. The maximum absolute atomic E-state index is 12.6. The Balaban J connectivity index is 1.27. The third-order valence-electron chi connectivity index (χ3n) is 5.48. The lowest BCUT2D eigenvalue weighted by molar-refractivity contribution is -0.124. The van der Waals surface area contributed by atoms with Gasteiger partial charge in [-0.1, -0.05) is 31.7 Å². The molecule has 1 aliphatic carbocycles. The monoisotopic (exact) mass is 416 g/mol. The number of amides is 3. The van der Waals surface area contributed by atoms with E-state index in [4.69, 9.17) is 9.47 Å². The first kappa shape index (κ1) is 19.8. The highest BCUT2D eigenvalue weighted by molar-refractivity contribution is 8.18. The Morgan fingerprint density at radius 2 is 2.00 bits per heavy atom. The van der Waals surface area contributed by atoms with Gasteiger partial charge in [0.15, 0.2) is 11.5 Å². The largest absolute Gasteiger partial charge is 0.454 e. The molecule has 154 valence electrons. The number of benzene rings is 1. The second kappa shape index (κ2) is 8.90. The number of carbonyl (C=O) groups is 3. The maximum atomic E-state index is 12.6. The van der Waals surface area contributed by atoms with Gasteiger partial charge < -0.3 is 14.8 Å². The van der Waals surface area contributed by atoms with Crippen LogP contribution in [-0.2, 0) is 9.59 Å². The van der Waals surface area contributed by atoms with Gasteiger partial charge in [0.1, 0.15) is 0 Å². The molecule has 1 saturated heterocycles. The van der Waals surface area contributed by atoms with Crippen molar-refractivity contribution in [1.29, 1.82) is 0 Å². The Hall–Kier alpha value is -2.48. The van der Waals surface area contributed by atoms with Crippen molar-refractivity contribution in [1.82, 2.24) is 10.2 Å². The van der Waals surface area contributed by atoms with E-state index in [1.165, 1.54) is 30.6 Å². The first-order chi connectivity index (χ1) is 14.1. The molecule has 4 rings (SSSR count). The van der Waals surface area contributed by atoms with E-state index in [2.05, 4.69) is 5.32 Å². The number of nitrogens with zero attached hydrogens (tertiary/aromatic N) is 1. The number of rotatable bonds is 7. The van der Waals surface area contributed by atoms with Gasteiger partial charge in [-0.25, -0.2) is 0 Å². The molecule has 0 aromatic heterocycles. The van der Waals surface area contributed by atoms with Crippen LogP contribution in [0.3, 0.4) is 0 Å². The number of ether oxygens (including phenoxy) is 2. The number of imide groups is 1. The van der Waals surface area contributed by atoms with Crippen molar-refractivity contribution in [3.05, 3.63) is 28.7 Å². The molecule has 2 fully saturated rings. The molecule has 1 saturated carbocycles. The highest BCUT2D eigenvalue weighted by Crippen LogP contribution is 2.36. The molecule has 0 atom stereocenters. The Morgan fingerprint density at radius 3 is 2.83 bits per heavy atom. The fraction of sp³-hybridized carbons (Fsp3) is 0.476. The van der Waals surface area contributed by atoms with Crippen molar-refractivity contribution < 1.29 is 23.9 Å². The second-order valence-electron chi connectivity index (χ2n) is 7.49. The van der Waals surface area contributed by atoms with Crippen LogP contribution in [0.2, 0.25) is 0 Å². The number of nitrogens with one attached hydrogen (secondary N) is 1. The molecule has 0 bridgehead atoms. The van der Waals surface area contributed by atoms with Crippen molar-refractivity contribution in [2.24, 2.45) is 5.92 Å². The molecule has 1 aromatic carbocycles. The zero-order valence-corrected chi connectivity index (χ0v) is 17.0. The van der Waals surface area contributed by atoms with Gasteiger partial charge in [-0.2, -0.15) is 0 Å². The highest BCUT2D eigenvalue weighted by atomic mass is 32.2. The minimum Gasteiger partial charge on any atom is -0.454 e. The maximum Gasteiger partial charge on any atom is 0.293 e. The molecule has 7 nitrogen and oxygen atoms in total. The Bertz CT molecular complexity index is 847. The molecule has 2 heterocycles. The number of carbonyl (C=O) groups excluding carboxylic acids is 3. The Kier molecular flexibility index (Phi) is 6.08. The van der Waals surface area contributed by atoms with Gasteiger partial charge in [-0.05, 0) is 47.9 Å². The van der Waals surface area contributed by atoms with Crippen LogP contribution in [0.25, 0.3) is 6.08 Å². The van der Waals surface area contributed by atoms with E-state index in [0.717, 1.165) is 23.7 Å². The summed E-state index contributed by atoms with van der Waals surface area (Å²) >= 11 is 0.910. The van der Waals surface area contributed by atoms with Gasteiger partial charge in [0.05, 0.1) is 4.91 Å². The van der Waals surface area contributed by atoms with Crippen LogP contribution in [0.4, 0.5) is 4.79 Å². The molecule has 29 heavy (non-hydrogen) atoms. The molecule has 2 aliphatic heterocycles. The van der Waals surface area contributed by atoms with E-state index < -0.39 is 0 Å². The van der Waals surface area contributed by atoms with Crippen LogP contribution in [0.1, 0.15) is 44.1 Å². The summed E-state index contributed by atoms with van der Waals surface area (Å²) in [6.07, 6.45) is 8.09. The van der Waals surface area contributed by atoms with Crippen LogP contribution in [0, 0.1) is 5.92 Å². The van der Waals surface area contributed by atoms with E-state index in [9.17, 15) is 14.4 Å². The number of fused-ring (bicyclic) bond motifs is 1. The van der Waals surface area contributed by atoms with Gasteiger partial charge in [0.2, 0.25) is 12.7 Å². The summed E-state index contributed by atoms with van der Waals surface area (Å²) in [5, 5.41) is 2.51. The van der Waals surface area contributed by atoms with Crippen LogP contribution >= 0.6 is 11.8 Å². The number of hydrogen-bond donors (Lipinski definition) is 1. The molecular formula is C21H24N2O5S. The quantitative estimate of drug-likeness (QED) is 0.685. The smallest absolute Gasteiger partial charge is 0.293 e. The first-order valence-electron chi connectivity index (χ1n) is 10.0. The van der Waals surface area contributed by atoms with Crippen LogP contribution in [-0.4, -0.2) is 41.8 Å². The van der Waals surface area contributed by atoms with Crippen LogP contribution < -0.4 is 14.8 Å². The molecule has 1 N–H and O–H groups in total. The van der Waals surface area contributed by atoms with Gasteiger partial charge in [-0.15, -0.1) is 0 Å². The van der Waals surface area contributed by atoms with E-state index in [0.29, 0.717) is 28.7 Å². The number of thioether (sulfide) groups is 1. The molecule has 1 aromatic rings. The minimum atomic E-state index is -0.335. The standard InChI is InChI=1S/C21H24N2O5S/c24-19(8-6-14-3-1-2-4-14)22-9-10-23-20(25)18(29-21(23)26)12-15-5-7-16-17(11-15)28-13-27-16/h5,7,11-12,14H,1-4,6,8-10,13H2,(H,22,24)/b18-12-. The van der Waals surface area contributed by atoms with Crippen LogP contribution in [0.5, 0.6) is 11.5 Å². The predicted molar refractivity (Wildman–Crippen MR) is 109 cm³/mol. The summed E-state index contributed by atoms with van der Waals surface area (Å²) in [6.45, 7) is 0.638. The summed E-state index contributed by atoms with van der Waals surface area (Å²) in [6, 6.07) is 5.37. The molecule has 0 unspecified atom stereocenters. The van der Waals surface area contributed by atoms with Gasteiger partial charge in [0, 0.05) is 19.5 Å². The summed E-state index contributed by atoms with van der Waals surface area (Å²) in [5.74, 6) is 1.61. The van der Waals surface area contributed by atoms with E-state index in [-0.39, 0.29) is 36.9 Å². The summed E-state index contributed by atoms with van der Waals surface area (Å²) in [4.78, 5) is 38.3. The van der Waals surface area contributed by atoms with Crippen LogP contribution in [0.15, 0.2) is 23.1 Å². The summed E-state index contributed by atoms with van der Waals surface area (Å²) < 4.78 is 10.6. The third kappa shape index (κ3) is 4.75. The fourth-order valence-corrected chi connectivity index (χ4v) is 4.74. The lowest BCUT2D eigenvalue weighted by atomic mass is 10.0.